The Kier molecular flexibility index (Phi) is 2.85. The minimum absolute atomic E-state index is 0.281. The van der Waals surface area contributed by atoms with Crippen molar-refractivity contribution in [1.82, 2.24) is 5.32 Å². The minimum atomic E-state index is -0.582. The van der Waals surface area contributed by atoms with E-state index in [1.54, 1.807) is 6.07 Å². The van der Waals surface area contributed by atoms with E-state index in [0.717, 1.165) is 12.8 Å². The number of hydrogen-bond donors (Lipinski definition) is 2. The van der Waals surface area contributed by atoms with Gasteiger partial charge < -0.3 is 10.4 Å². The number of rotatable bonds is 2. The molecule has 1 heterocycles. The number of phenols is 1. The zero-order chi connectivity index (χ0) is 13.4. The molecule has 0 saturated heterocycles. The molecule has 2 aliphatic rings. The molecule has 19 heavy (non-hydrogen) atoms. The number of nitro groups is 1. The number of fused-ring (bicyclic) bond motifs is 1. The molecule has 0 bridgehead atoms. The maximum absolute atomic E-state index is 10.8. The fraction of sp³-hybridized carbons (Fsp3) is 0.462. The number of nitrogens with one attached hydrogen (secondary N) is 1. The van der Waals surface area contributed by atoms with Gasteiger partial charge in [0.05, 0.1) is 11.0 Å². The van der Waals surface area contributed by atoms with Crippen LogP contribution in [0.3, 0.4) is 0 Å². The van der Waals surface area contributed by atoms with Crippen LogP contribution < -0.4 is 5.32 Å². The van der Waals surface area contributed by atoms with E-state index in [4.69, 9.17) is 0 Å². The Morgan fingerprint density at radius 2 is 2.16 bits per heavy atom. The molecular weight excluding hydrogens is 246 g/mol. The van der Waals surface area contributed by atoms with Gasteiger partial charge in [0.25, 0.3) is 0 Å². The number of benzene rings is 1. The lowest BCUT2D eigenvalue weighted by atomic mass is 9.92. The van der Waals surface area contributed by atoms with E-state index in [1.807, 2.05) is 0 Å². The SMILES string of the molecule is O=[N+]([O-])c1cc(C2=NC3CCCCC3N2)ccc1O. The Labute approximate surface area is 110 Å². The van der Waals surface area contributed by atoms with Crippen molar-refractivity contribution in [1.29, 1.82) is 0 Å². The molecule has 6 nitrogen and oxygen atoms in total. The van der Waals surface area contributed by atoms with Crippen LogP contribution >= 0.6 is 0 Å². The van der Waals surface area contributed by atoms with Crippen LogP contribution in [0.1, 0.15) is 31.2 Å². The van der Waals surface area contributed by atoms with Gasteiger partial charge in [-0.1, -0.05) is 12.8 Å². The van der Waals surface area contributed by atoms with Crippen molar-refractivity contribution in [2.24, 2.45) is 4.99 Å². The maximum atomic E-state index is 10.8. The Hall–Kier alpha value is -2.11. The average molecular weight is 261 g/mol. The smallest absolute Gasteiger partial charge is 0.311 e. The zero-order valence-corrected chi connectivity index (χ0v) is 10.4. The molecule has 1 aliphatic carbocycles. The van der Waals surface area contributed by atoms with E-state index in [-0.39, 0.29) is 17.5 Å². The van der Waals surface area contributed by atoms with Gasteiger partial charge in [0, 0.05) is 17.7 Å². The number of nitro benzene ring substituents is 1. The molecule has 1 aliphatic heterocycles. The van der Waals surface area contributed by atoms with Crippen molar-refractivity contribution in [2.75, 3.05) is 0 Å². The van der Waals surface area contributed by atoms with Crippen LogP contribution in [0.5, 0.6) is 5.75 Å². The fourth-order valence-corrected chi connectivity index (χ4v) is 2.79. The number of phenolic OH excluding ortho intramolecular Hbond substituents is 1. The van der Waals surface area contributed by atoms with E-state index in [1.165, 1.54) is 25.0 Å². The second kappa shape index (κ2) is 4.53. The molecule has 3 rings (SSSR count). The molecule has 2 unspecified atom stereocenters. The van der Waals surface area contributed by atoms with E-state index in [0.29, 0.717) is 17.4 Å². The maximum Gasteiger partial charge on any atom is 0.311 e. The van der Waals surface area contributed by atoms with Crippen LogP contribution in [-0.2, 0) is 0 Å². The zero-order valence-electron chi connectivity index (χ0n) is 10.4. The normalized spacial score (nSPS) is 25.4. The summed E-state index contributed by atoms with van der Waals surface area (Å²) in [5, 5.41) is 23.6. The molecule has 0 amide bonds. The molecule has 0 spiro atoms. The Morgan fingerprint density at radius 1 is 1.37 bits per heavy atom. The van der Waals surface area contributed by atoms with Crippen molar-refractivity contribution in [2.45, 2.75) is 37.8 Å². The van der Waals surface area contributed by atoms with Gasteiger partial charge in [-0.05, 0) is 25.0 Å². The highest BCUT2D eigenvalue weighted by Crippen LogP contribution is 2.29. The lowest BCUT2D eigenvalue weighted by Gasteiger charge is -2.23. The topological polar surface area (TPSA) is 87.8 Å². The second-order valence-electron chi connectivity index (χ2n) is 5.04. The molecule has 1 aromatic rings. The van der Waals surface area contributed by atoms with Crippen molar-refractivity contribution in [3.05, 3.63) is 33.9 Å². The number of nitrogens with zero attached hydrogens (tertiary/aromatic N) is 2. The summed E-state index contributed by atoms with van der Waals surface area (Å²) in [5.41, 5.74) is 0.385. The summed E-state index contributed by atoms with van der Waals surface area (Å²) in [6.07, 6.45) is 4.56. The summed E-state index contributed by atoms with van der Waals surface area (Å²) in [7, 11) is 0. The van der Waals surface area contributed by atoms with Gasteiger partial charge in [-0.3, -0.25) is 15.1 Å². The highest BCUT2D eigenvalue weighted by Gasteiger charge is 2.31. The third-order valence-corrected chi connectivity index (χ3v) is 3.79. The quantitative estimate of drug-likeness (QED) is 0.629. The third-order valence-electron chi connectivity index (χ3n) is 3.79. The number of aromatic hydroxyl groups is 1. The first-order chi connectivity index (χ1) is 9.15. The van der Waals surface area contributed by atoms with Crippen LogP contribution in [0, 0.1) is 10.1 Å². The first-order valence-electron chi connectivity index (χ1n) is 6.47. The Balaban J connectivity index is 1.91. The summed E-state index contributed by atoms with van der Waals surface area (Å²) >= 11 is 0. The van der Waals surface area contributed by atoms with Crippen LogP contribution in [0.15, 0.2) is 23.2 Å². The monoisotopic (exact) mass is 261 g/mol. The third kappa shape index (κ3) is 2.14. The van der Waals surface area contributed by atoms with Crippen molar-refractivity contribution >= 4 is 11.5 Å². The van der Waals surface area contributed by atoms with E-state index in [9.17, 15) is 15.2 Å². The highest BCUT2D eigenvalue weighted by molar-refractivity contribution is 6.01. The van der Waals surface area contributed by atoms with Gasteiger partial charge in [-0.15, -0.1) is 0 Å². The summed E-state index contributed by atoms with van der Waals surface area (Å²) < 4.78 is 0. The Bertz CT molecular complexity index is 556. The molecule has 2 N–H and O–H groups in total. The van der Waals surface area contributed by atoms with Crippen LogP contribution in [-0.4, -0.2) is 27.9 Å². The van der Waals surface area contributed by atoms with Gasteiger partial charge >= 0.3 is 5.69 Å². The Morgan fingerprint density at radius 3 is 2.89 bits per heavy atom. The number of aliphatic imine (C=N–C) groups is 1. The second-order valence-corrected chi connectivity index (χ2v) is 5.04. The van der Waals surface area contributed by atoms with Crippen LogP contribution in [0.25, 0.3) is 0 Å². The summed E-state index contributed by atoms with van der Waals surface area (Å²) in [4.78, 5) is 14.9. The molecule has 1 aromatic carbocycles. The molecule has 0 radical (unpaired) electrons. The minimum Gasteiger partial charge on any atom is -0.502 e. The lowest BCUT2D eigenvalue weighted by molar-refractivity contribution is -0.385. The molecule has 1 fully saturated rings. The standard InChI is InChI=1S/C13H15N3O3/c17-12-6-5-8(7-11(12)16(18)19)13-14-9-3-1-2-4-10(9)15-13/h5-7,9-10,17H,1-4H2,(H,14,15). The highest BCUT2D eigenvalue weighted by atomic mass is 16.6. The molecule has 2 atom stereocenters. The molecule has 6 heteroatoms. The van der Waals surface area contributed by atoms with Gasteiger partial charge in [-0.25, -0.2) is 0 Å². The lowest BCUT2D eigenvalue weighted by Crippen LogP contribution is -2.36. The van der Waals surface area contributed by atoms with Crippen molar-refractivity contribution < 1.29 is 10.0 Å². The average Bonchev–Trinajstić information content (AvgIpc) is 2.82. The summed E-state index contributed by atoms with van der Waals surface area (Å²) in [6, 6.07) is 5.03. The first-order valence-corrected chi connectivity index (χ1v) is 6.47. The molecule has 100 valence electrons. The van der Waals surface area contributed by atoms with Gasteiger partial charge in [0.1, 0.15) is 5.84 Å². The van der Waals surface area contributed by atoms with Crippen LogP contribution in [0.4, 0.5) is 5.69 Å². The summed E-state index contributed by atoms with van der Waals surface area (Å²) in [5.74, 6) is 0.393. The van der Waals surface area contributed by atoms with Gasteiger partial charge in [-0.2, -0.15) is 0 Å². The summed E-state index contributed by atoms with van der Waals surface area (Å²) in [6.45, 7) is 0. The van der Waals surface area contributed by atoms with E-state index < -0.39 is 4.92 Å². The van der Waals surface area contributed by atoms with Crippen molar-refractivity contribution in [3.63, 3.8) is 0 Å². The molecular formula is C13H15N3O3. The predicted octanol–water partition coefficient (Wildman–Crippen LogP) is 1.96. The number of amidine groups is 1. The van der Waals surface area contributed by atoms with Crippen LogP contribution in [0.2, 0.25) is 0 Å². The van der Waals surface area contributed by atoms with E-state index >= 15 is 0 Å². The largest absolute Gasteiger partial charge is 0.502 e. The molecule has 0 aromatic heterocycles. The van der Waals surface area contributed by atoms with Gasteiger partial charge in [0.15, 0.2) is 5.75 Å². The molecule has 1 saturated carbocycles. The first kappa shape index (κ1) is 12.0. The predicted molar refractivity (Wildman–Crippen MR) is 70.5 cm³/mol. The van der Waals surface area contributed by atoms with Crippen molar-refractivity contribution in [3.8, 4) is 5.75 Å². The fourth-order valence-electron chi connectivity index (χ4n) is 2.79. The number of hydrogen-bond acceptors (Lipinski definition) is 5. The van der Waals surface area contributed by atoms with E-state index in [2.05, 4.69) is 10.3 Å². The van der Waals surface area contributed by atoms with Gasteiger partial charge in [0.2, 0.25) is 0 Å².